The summed E-state index contributed by atoms with van der Waals surface area (Å²) in [5, 5.41) is 0.227. The first kappa shape index (κ1) is 15.1. The van der Waals surface area contributed by atoms with Crippen molar-refractivity contribution in [3.05, 3.63) is 34.9 Å². The van der Waals surface area contributed by atoms with E-state index in [0.717, 1.165) is 23.0 Å². The minimum atomic E-state index is -1.70. The lowest BCUT2D eigenvalue weighted by Gasteiger charge is -2.36. The van der Waals surface area contributed by atoms with Crippen molar-refractivity contribution in [2.45, 2.75) is 52.4 Å². The third-order valence-electron chi connectivity index (χ3n) is 3.87. The molecule has 1 aromatic carbocycles. The van der Waals surface area contributed by atoms with Crippen LogP contribution in [0.25, 0.3) is 0 Å². The Balaban J connectivity index is 2.76. The second-order valence-electron chi connectivity index (χ2n) is 6.36. The molecule has 0 unspecified atom stereocenters. The number of aldehydes is 1. The fourth-order valence-electron chi connectivity index (χ4n) is 1.44. The Hall–Kier alpha value is -0.933. The molecule has 0 fully saturated rings. The van der Waals surface area contributed by atoms with Gasteiger partial charge in [-0.15, -0.1) is 0 Å². The van der Waals surface area contributed by atoms with Gasteiger partial charge < -0.3 is 4.43 Å². The molecule has 3 heteroatoms. The maximum Gasteiger partial charge on any atom is 0.192 e. The highest BCUT2D eigenvalue weighted by Crippen LogP contribution is 2.37. The van der Waals surface area contributed by atoms with Crippen LogP contribution in [0.15, 0.2) is 18.2 Å². The van der Waals surface area contributed by atoms with Gasteiger partial charge in [-0.2, -0.15) is 0 Å². The summed E-state index contributed by atoms with van der Waals surface area (Å²) in [6.07, 6.45) is 0.897. The first-order valence-electron chi connectivity index (χ1n) is 6.36. The van der Waals surface area contributed by atoms with Crippen LogP contribution in [0.4, 0.5) is 0 Å². The highest BCUT2D eigenvalue weighted by Gasteiger charge is 2.36. The maximum absolute atomic E-state index is 10.8. The number of carbonyl (C=O) groups is 1. The molecule has 100 valence electrons. The van der Waals surface area contributed by atoms with Crippen LogP contribution in [0.1, 0.15) is 42.3 Å². The third kappa shape index (κ3) is 3.53. The van der Waals surface area contributed by atoms with Crippen LogP contribution >= 0.6 is 0 Å². The van der Waals surface area contributed by atoms with Gasteiger partial charge in [0.1, 0.15) is 6.29 Å². The number of aryl methyl sites for hydroxylation is 1. The topological polar surface area (TPSA) is 26.3 Å². The van der Waals surface area contributed by atoms with E-state index >= 15 is 0 Å². The van der Waals surface area contributed by atoms with Crippen LogP contribution in [-0.2, 0) is 11.0 Å². The summed E-state index contributed by atoms with van der Waals surface area (Å²) in [5.41, 5.74) is 2.91. The summed E-state index contributed by atoms with van der Waals surface area (Å²) in [6.45, 7) is 13.8. The number of hydrogen-bond donors (Lipinski definition) is 0. The minimum Gasteiger partial charge on any atom is -0.413 e. The summed E-state index contributed by atoms with van der Waals surface area (Å²) >= 11 is 0. The molecule has 0 saturated heterocycles. The zero-order valence-corrected chi connectivity index (χ0v) is 13.3. The smallest absolute Gasteiger partial charge is 0.192 e. The maximum atomic E-state index is 10.8. The highest BCUT2D eigenvalue weighted by atomic mass is 28.4. The molecule has 0 heterocycles. The van der Waals surface area contributed by atoms with Crippen LogP contribution in [0.2, 0.25) is 18.1 Å². The first-order chi connectivity index (χ1) is 8.17. The van der Waals surface area contributed by atoms with Gasteiger partial charge in [0, 0.05) is 5.56 Å². The van der Waals surface area contributed by atoms with Crippen LogP contribution in [0.5, 0.6) is 0 Å². The molecule has 0 aromatic heterocycles. The van der Waals surface area contributed by atoms with E-state index in [1.165, 1.54) is 0 Å². The van der Waals surface area contributed by atoms with Crippen molar-refractivity contribution in [3.63, 3.8) is 0 Å². The minimum absolute atomic E-state index is 0.227. The third-order valence-corrected chi connectivity index (χ3v) is 8.35. The van der Waals surface area contributed by atoms with Gasteiger partial charge in [0.2, 0.25) is 0 Å². The van der Waals surface area contributed by atoms with Crippen LogP contribution < -0.4 is 0 Å². The average Bonchev–Trinajstić information content (AvgIpc) is 2.25. The molecule has 0 atom stereocenters. The molecule has 0 spiro atoms. The van der Waals surface area contributed by atoms with Crippen molar-refractivity contribution in [3.8, 4) is 0 Å². The molecule has 0 radical (unpaired) electrons. The van der Waals surface area contributed by atoms with E-state index in [0.29, 0.717) is 6.61 Å². The zero-order valence-electron chi connectivity index (χ0n) is 12.3. The molecule has 0 aliphatic heterocycles. The van der Waals surface area contributed by atoms with Crippen molar-refractivity contribution in [1.29, 1.82) is 0 Å². The van der Waals surface area contributed by atoms with Crippen molar-refractivity contribution < 1.29 is 9.22 Å². The van der Waals surface area contributed by atoms with Gasteiger partial charge in [-0.05, 0) is 36.2 Å². The molecule has 1 aromatic rings. The van der Waals surface area contributed by atoms with Crippen LogP contribution in [-0.4, -0.2) is 14.6 Å². The van der Waals surface area contributed by atoms with Gasteiger partial charge in [-0.1, -0.05) is 39.0 Å². The van der Waals surface area contributed by atoms with E-state index in [1.54, 1.807) is 0 Å². The SMILES string of the molecule is Cc1cc(CO[Si](C)(C)C(C)(C)C)ccc1C=O. The zero-order chi connectivity index (χ0) is 14.0. The predicted molar refractivity (Wildman–Crippen MR) is 78.6 cm³/mol. The Kier molecular flexibility index (Phi) is 4.51. The number of carbonyl (C=O) groups excluding carboxylic acids is 1. The molecule has 0 aliphatic rings. The van der Waals surface area contributed by atoms with Gasteiger partial charge in [0.15, 0.2) is 8.32 Å². The van der Waals surface area contributed by atoms with Crippen LogP contribution in [0, 0.1) is 6.92 Å². The second kappa shape index (κ2) is 5.37. The lowest BCUT2D eigenvalue weighted by atomic mass is 10.1. The fourth-order valence-corrected chi connectivity index (χ4v) is 2.40. The summed E-state index contributed by atoms with van der Waals surface area (Å²) in [7, 11) is -1.70. The van der Waals surface area contributed by atoms with E-state index in [1.807, 2.05) is 25.1 Å². The lowest BCUT2D eigenvalue weighted by Crippen LogP contribution is -2.40. The Labute approximate surface area is 111 Å². The summed E-state index contributed by atoms with van der Waals surface area (Å²) in [5.74, 6) is 0. The molecule has 18 heavy (non-hydrogen) atoms. The van der Waals surface area contributed by atoms with Crippen molar-refractivity contribution in [2.24, 2.45) is 0 Å². The average molecular weight is 264 g/mol. The quantitative estimate of drug-likeness (QED) is 0.597. The van der Waals surface area contributed by atoms with Crippen molar-refractivity contribution in [1.82, 2.24) is 0 Å². The monoisotopic (exact) mass is 264 g/mol. The summed E-state index contributed by atoms with van der Waals surface area (Å²) in [4.78, 5) is 10.8. The van der Waals surface area contributed by atoms with Crippen molar-refractivity contribution in [2.75, 3.05) is 0 Å². The largest absolute Gasteiger partial charge is 0.413 e. The van der Waals surface area contributed by atoms with E-state index in [9.17, 15) is 4.79 Å². The summed E-state index contributed by atoms with van der Waals surface area (Å²) in [6, 6.07) is 5.88. The first-order valence-corrected chi connectivity index (χ1v) is 9.27. The highest BCUT2D eigenvalue weighted by molar-refractivity contribution is 6.74. The number of hydrogen-bond acceptors (Lipinski definition) is 2. The molecule has 1 rings (SSSR count). The molecule has 0 aliphatic carbocycles. The van der Waals surface area contributed by atoms with Crippen LogP contribution in [0.3, 0.4) is 0 Å². The Morgan fingerprint density at radius 1 is 1.28 bits per heavy atom. The van der Waals surface area contributed by atoms with E-state index in [4.69, 9.17) is 4.43 Å². The van der Waals surface area contributed by atoms with E-state index in [-0.39, 0.29) is 5.04 Å². The van der Waals surface area contributed by atoms with E-state index in [2.05, 4.69) is 33.9 Å². The molecule has 2 nitrogen and oxygen atoms in total. The predicted octanol–water partition coefficient (Wildman–Crippen LogP) is 4.33. The van der Waals surface area contributed by atoms with Gasteiger partial charge in [0.05, 0.1) is 6.61 Å². The molecule has 0 N–H and O–H groups in total. The van der Waals surface area contributed by atoms with Gasteiger partial charge >= 0.3 is 0 Å². The van der Waals surface area contributed by atoms with E-state index < -0.39 is 8.32 Å². The van der Waals surface area contributed by atoms with Gasteiger partial charge in [-0.3, -0.25) is 4.79 Å². The Morgan fingerprint density at radius 2 is 1.89 bits per heavy atom. The Bertz CT molecular complexity index is 431. The molecular weight excluding hydrogens is 240 g/mol. The second-order valence-corrected chi connectivity index (χ2v) is 11.2. The van der Waals surface area contributed by atoms with Crippen molar-refractivity contribution >= 4 is 14.6 Å². The summed E-state index contributed by atoms with van der Waals surface area (Å²) < 4.78 is 6.16. The lowest BCUT2D eigenvalue weighted by molar-refractivity contribution is 0.112. The Morgan fingerprint density at radius 3 is 2.33 bits per heavy atom. The normalized spacial score (nSPS) is 12.6. The molecule has 0 bridgehead atoms. The standard InChI is InChI=1S/C15H24O2Si/c1-12-9-13(7-8-14(12)10-16)11-17-18(5,6)15(2,3)4/h7-10H,11H2,1-6H3. The number of rotatable bonds is 4. The molecular formula is C15H24O2Si. The molecule has 0 amide bonds. The number of benzene rings is 1. The fraction of sp³-hybridized carbons (Fsp3) is 0.533. The van der Waals surface area contributed by atoms with Gasteiger partial charge in [0.25, 0.3) is 0 Å². The molecule has 0 saturated carbocycles. The van der Waals surface area contributed by atoms with Gasteiger partial charge in [-0.25, -0.2) is 0 Å².